The van der Waals surface area contributed by atoms with Gasteiger partial charge in [0.25, 0.3) is 0 Å². The Labute approximate surface area is 193 Å². The molecule has 2 N–H and O–H groups in total. The van der Waals surface area contributed by atoms with E-state index >= 15 is 0 Å². The maximum Gasteiger partial charge on any atom is 0.234 e. The Bertz CT molecular complexity index is 726. The number of carbonyl (C=O) groups excluding carboxylic acids is 2. The van der Waals surface area contributed by atoms with Gasteiger partial charge in [-0.05, 0) is 58.7 Å². The second kappa shape index (κ2) is 11.8. The number of likely N-dealkylation sites (tertiary alicyclic amines) is 1. The Morgan fingerprint density at radius 2 is 1.44 bits per heavy atom. The number of benzene rings is 1. The van der Waals surface area contributed by atoms with Gasteiger partial charge in [-0.1, -0.05) is 30.3 Å². The van der Waals surface area contributed by atoms with Gasteiger partial charge in [0.2, 0.25) is 11.8 Å². The van der Waals surface area contributed by atoms with Gasteiger partial charge < -0.3 is 10.6 Å². The molecule has 2 heterocycles. The normalized spacial score (nSPS) is 20.0. The van der Waals surface area contributed by atoms with Crippen molar-refractivity contribution in [2.75, 3.05) is 52.4 Å². The zero-order valence-corrected chi connectivity index (χ0v) is 20.1. The third kappa shape index (κ3) is 8.88. The van der Waals surface area contributed by atoms with Gasteiger partial charge >= 0.3 is 0 Å². The fraction of sp³-hybridized carbons (Fsp3) is 0.680. The molecule has 2 aliphatic heterocycles. The van der Waals surface area contributed by atoms with Crippen LogP contribution in [0, 0.1) is 0 Å². The summed E-state index contributed by atoms with van der Waals surface area (Å²) in [6, 6.07) is 10.9. The van der Waals surface area contributed by atoms with Gasteiger partial charge in [0.05, 0.1) is 13.1 Å². The van der Waals surface area contributed by atoms with Crippen LogP contribution in [0.2, 0.25) is 0 Å². The molecule has 2 amide bonds. The lowest BCUT2D eigenvalue weighted by Crippen LogP contribution is -2.48. The van der Waals surface area contributed by atoms with Gasteiger partial charge in [-0.15, -0.1) is 0 Å². The summed E-state index contributed by atoms with van der Waals surface area (Å²) in [4.78, 5) is 31.7. The fourth-order valence-corrected chi connectivity index (χ4v) is 4.55. The fourth-order valence-electron chi connectivity index (χ4n) is 4.55. The highest BCUT2D eigenvalue weighted by Gasteiger charge is 2.23. The SMILES string of the molecule is CC(C)(C)NC(=O)CN1CCCN(CC(=O)NC2CCN(Cc3ccccc3)CC2)CC1. The molecule has 2 fully saturated rings. The van der Waals surface area contributed by atoms with Gasteiger partial charge in [-0.25, -0.2) is 0 Å². The van der Waals surface area contributed by atoms with Crippen LogP contribution in [0.25, 0.3) is 0 Å². The summed E-state index contributed by atoms with van der Waals surface area (Å²) in [5, 5.41) is 6.29. The molecule has 2 aliphatic rings. The molecule has 2 saturated heterocycles. The van der Waals surface area contributed by atoms with Crippen molar-refractivity contribution >= 4 is 11.8 Å². The van der Waals surface area contributed by atoms with Crippen molar-refractivity contribution in [2.24, 2.45) is 0 Å². The molecule has 1 aromatic rings. The summed E-state index contributed by atoms with van der Waals surface area (Å²) >= 11 is 0. The first-order chi connectivity index (χ1) is 15.3. The van der Waals surface area contributed by atoms with E-state index < -0.39 is 0 Å². The summed E-state index contributed by atoms with van der Waals surface area (Å²) in [6.07, 6.45) is 3.00. The van der Waals surface area contributed by atoms with E-state index in [2.05, 4.69) is 55.7 Å². The number of nitrogens with one attached hydrogen (secondary N) is 2. The van der Waals surface area contributed by atoms with E-state index in [-0.39, 0.29) is 23.4 Å². The predicted molar refractivity (Wildman–Crippen MR) is 128 cm³/mol. The quantitative estimate of drug-likeness (QED) is 0.671. The molecule has 0 unspecified atom stereocenters. The number of amides is 2. The maximum absolute atomic E-state index is 12.6. The Hall–Kier alpha value is -1.96. The van der Waals surface area contributed by atoms with Crippen molar-refractivity contribution in [2.45, 2.75) is 58.2 Å². The summed E-state index contributed by atoms with van der Waals surface area (Å²) in [7, 11) is 0. The monoisotopic (exact) mass is 443 g/mol. The molecule has 0 spiro atoms. The number of rotatable bonds is 7. The summed E-state index contributed by atoms with van der Waals surface area (Å²) < 4.78 is 0. The average molecular weight is 444 g/mol. The molecule has 3 rings (SSSR count). The van der Waals surface area contributed by atoms with Crippen LogP contribution >= 0.6 is 0 Å². The number of hydrogen-bond acceptors (Lipinski definition) is 5. The average Bonchev–Trinajstić information content (AvgIpc) is 2.94. The van der Waals surface area contributed by atoms with Crippen molar-refractivity contribution in [3.8, 4) is 0 Å². The Morgan fingerprint density at radius 3 is 2.03 bits per heavy atom. The van der Waals surface area contributed by atoms with E-state index in [1.165, 1.54) is 5.56 Å². The molecular formula is C25H41N5O2. The van der Waals surface area contributed by atoms with E-state index in [0.717, 1.165) is 65.1 Å². The first-order valence-corrected chi connectivity index (χ1v) is 12.1. The van der Waals surface area contributed by atoms with Crippen molar-refractivity contribution < 1.29 is 9.59 Å². The van der Waals surface area contributed by atoms with Crippen LogP contribution in [-0.2, 0) is 16.1 Å². The van der Waals surface area contributed by atoms with Crippen LogP contribution in [0.5, 0.6) is 0 Å². The molecule has 0 atom stereocenters. The smallest absolute Gasteiger partial charge is 0.234 e. The van der Waals surface area contributed by atoms with Crippen LogP contribution in [0.3, 0.4) is 0 Å². The van der Waals surface area contributed by atoms with Crippen molar-refractivity contribution in [1.82, 2.24) is 25.3 Å². The molecule has 0 saturated carbocycles. The van der Waals surface area contributed by atoms with E-state index in [9.17, 15) is 9.59 Å². The van der Waals surface area contributed by atoms with Crippen molar-refractivity contribution in [3.63, 3.8) is 0 Å². The molecule has 0 bridgehead atoms. The van der Waals surface area contributed by atoms with E-state index in [1.54, 1.807) is 0 Å². The lowest BCUT2D eigenvalue weighted by molar-refractivity contribution is -0.124. The number of carbonyl (C=O) groups is 2. The molecule has 0 aromatic heterocycles. The molecule has 32 heavy (non-hydrogen) atoms. The largest absolute Gasteiger partial charge is 0.352 e. The van der Waals surface area contributed by atoms with Gasteiger partial charge in [0.15, 0.2) is 0 Å². The van der Waals surface area contributed by atoms with Crippen LogP contribution < -0.4 is 10.6 Å². The van der Waals surface area contributed by atoms with E-state index in [4.69, 9.17) is 0 Å². The van der Waals surface area contributed by atoms with Crippen LogP contribution in [0.4, 0.5) is 0 Å². The standard InChI is InChI=1S/C25H41N5O2/c1-25(2,3)27-24(32)20-29-13-7-12-28(16-17-29)19-23(31)26-22-10-14-30(15-11-22)18-21-8-5-4-6-9-21/h4-6,8-9,22H,7,10-20H2,1-3H3,(H,26,31)(H,27,32). The summed E-state index contributed by atoms with van der Waals surface area (Å²) in [5.74, 6) is 0.202. The first-order valence-electron chi connectivity index (χ1n) is 12.1. The zero-order valence-electron chi connectivity index (χ0n) is 20.1. The van der Waals surface area contributed by atoms with Gasteiger partial charge in [-0.2, -0.15) is 0 Å². The second-order valence-corrected chi connectivity index (χ2v) is 10.3. The lowest BCUT2D eigenvalue weighted by Gasteiger charge is -2.32. The van der Waals surface area contributed by atoms with Crippen LogP contribution in [-0.4, -0.2) is 90.5 Å². The van der Waals surface area contributed by atoms with Crippen molar-refractivity contribution in [1.29, 1.82) is 0 Å². The molecular weight excluding hydrogens is 402 g/mol. The third-order valence-electron chi connectivity index (χ3n) is 6.13. The maximum atomic E-state index is 12.6. The third-order valence-corrected chi connectivity index (χ3v) is 6.13. The topological polar surface area (TPSA) is 67.9 Å². The summed E-state index contributed by atoms with van der Waals surface area (Å²) in [5.41, 5.74) is 1.14. The number of hydrogen-bond donors (Lipinski definition) is 2. The molecule has 0 aliphatic carbocycles. The predicted octanol–water partition coefficient (Wildman–Crippen LogP) is 1.69. The van der Waals surface area contributed by atoms with Gasteiger partial charge in [0.1, 0.15) is 0 Å². The minimum Gasteiger partial charge on any atom is -0.352 e. The Kier molecular flexibility index (Phi) is 9.08. The number of piperidine rings is 1. The molecule has 7 heteroatoms. The highest BCUT2D eigenvalue weighted by molar-refractivity contribution is 5.79. The molecule has 1 aromatic carbocycles. The molecule has 0 radical (unpaired) electrons. The lowest BCUT2D eigenvalue weighted by atomic mass is 10.0. The second-order valence-electron chi connectivity index (χ2n) is 10.3. The molecule has 7 nitrogen and oxygen atoms in total. The minimum atomic E-state index is -0.204. The molecule has 178 valence electrons. The first kappa shape index (κ1) is 24.7. The van der Waals surface area contributed by atoms with E-state index in [1.807, 2.05) is 20.8 Å². The zero-order chi connectivity index (χ0) is 23.0. The minimum absolute atomic E-state index is 0.0716. The van der Waals surface area contributed by atoms with Gasteiger partial charge in [0, 0.05) is 44.3 Å². The van der Waals surface area contributed by atoms with Crippen molar-refractivity contribution in [3.05, 3.63) is 35.9 Å². The van der Waals surface area contributed by atoms with Crippen LogP contribution in [0.15, 0.2) is 30.3 Å². The van der Waals surface area contributed by atoms with Gasteiger partial charge in [-0.3, -0.25) is 24.3 Å². The Morgan fingerprint density at radius 1 is 0.844 bits per heavy atom. The summed E-state index contributed by atoms with van der Waals surface area (Å²) in [6.45, 7) is 13.4. The Balaban J connectivity index is 1.33. The van der Waals surface area contributed by atoms with E-state index in [0.29, 0.717) is 13.1 Å². The van der Waals surface area contributed by atoms with Crippen LogP contribution in [0.1, 0.15) is 45.6 Å². The number of nitrogens with zero attached hydrogens (tertiary/aromatic N) is 3. The highest BCUT2D eigenvalue weighted by Crippen LogP contribution is 2.14. The highest BCUT2D eigenvalue weighted by atomic mass is 16.2.